The molecule has 0 saturated heterocycles. The topological polar surface area (TPSA) is 39.4 Å². The van der Waals surface area contributed by atoms with Crippen molar-refractivity contribution in [1.29, 1.82) is 0 Å². The number of esters is 1. The van der Waals surface area contributed by atoms with Crippen LogP contribution in [0.15, 0.2) is 40.8 Å². The second-order valence-electron chi connectivity index (χ2n) is 3.73. The first kappa shape index (κ1) is 11.5. The Kier molecular flexibility index (Phi) is 3.28. The van der Waals surface area contributed by atoms with E-state index in [1.54, 1.807) is 6.92 Å². The molecule has 0 fully saturated rings. The average molecular weight is 230 g/mol. The maximum atomic E-state index is 11.3. The third-order valence-corrected chi connectivity index (χ3v) is 2.44. The Morgan fingerprint density at radius 3 is 2.88 bits per heavy atom. The van der Waals surface area contributed by atoms with Gasteiger partial charge in [-0.25, -0.2) is 4.79 Å². The zero-order valence-corrected chi connectivity index (χ0v) is 9.90. The Balaban J connectivity index is 2.30. The largest absolute Gasteiger partial charge is 0.463 e. The molecule has 1 aromatic carbocycles. The van der Waals surface area contributed by atoms with Crippen molar-refractivity contribution in [3.05, 3.63) is 42.2 Å². The third kappa shape index (κ3) is 2.56. The van der Waals surface area contributed by atoms with Crippen molar-refractivity contribution in [2.24, 2.45) is 0 Å². The molecular weight excluding hydrogens is 216 g/mol. The Morgan fingerprint density at radius 2 is 2.18 bits per heavy atom. The summed E-state index contributed by atoms with van der Waals surface area (Å²) in [5.41, 5.74) is 1.58. The van der Waals surface area contributed by atoms with Gasteiger partial charge >= 0.3 is 5.97 Å². The van der Waals surface area contributed by atoms with Crippen LogP contribution in [0.5, 0.6) is 0 Å². The number of carbonyl (C=O) groups excluding carboxylic acids is 1. The molecular formula is C14H14O3. The van der Waals surface area contributed by atoms with Crippen molar-refractivity contribution in [2.75, 3.05) is 6.61 Å². The molecule has 0 amide bonds. The molecule has 0 aliphatic carbocycles. The predicted molar refractivity (Wildman–Crippen MR) is 66.5 cm³/mol. The van der Waals surface area contributed by atoms with Crippen molar-refractivity contribution in [2.45, 2.75) is 13.8 Å². The van der Waals surface area contributed by atoms with Crippen LogP contribution in [0.4, 0.5) is 0 Å². The Morgan fingerprint density at radius 1 is 1.41 bits per heavy atom. The second-order valence-corrected chi connectivity index (χ2v) is 3.73. The van der Waals surface area contributed by atoms with Crippen LogP contribution < -0.4 is 0 Å². The van der Waals surface area contributed by atoms with E-state index >= 15 is 0 Å². The number of furan rings is 1. The van der Waals surface area contributed by atoms with E-state index in [1.165, 1.54) is 6.08 Å². The molecule has 17 heavy (non-hydrogen) atoms. The molecule has 0 atom stereocenters. The van der Waals surface area contributed by atoms with E-state index < -0.39 is 0 Å². The van der Waals surface area contributed by atoms with Gasteiger partial charge < -0.3 is 9.15 Å². The fraction of sp³-hybridized carbons (Fsp3) is 0.214. The number of fused-ring (bicyclic) bond motifs is 1. The summed E-state index contributed by atoms with van der Waals surface area (Å²) in [4.78, 5) is 11.3. The van der Waals surface area contributed by atoms with Gasteiger partial charge in [0, 0.05) is 11.5 Å². The van der Waals surface area contributed by atoms with Crippen LogP contribution >= 0.6 is 0 Å². The van der Waals surface area contributed by atoms with Gasteiger partial charge in [0.2, 0.25) is 0 Å². The van der Waals surface area contributed by atoms with Crippen LogP contribution in [0.3, 0.4) is 0 Å². The van der Waals surface area contributed by atoms with Gasteiger partial charge in [-0.2, -0.15) is 0 Å². The lowest BCUT2D eigenvalue weighted by Gasteiger charge is -1.97. The molecule has 3 heteroatoms. The van der Waals surface area contributed by atoms with Gasteiger partial charge in [-0.05, 0) is 31.6 Å². The Labute approximate surface area is 99.7 Å². The van der Waals surface area contributed by atoms with Crippen LogP contribution in [0.2, 0.25) is 0 Å². The summed E-state index contributed by atoms with van der Waals surface area (Å²) in [6.07, 6.45) is 1.45. The molecule has 1 heterocycles. The lowest BCUT2D eigenvalue weighted by molar-refractivity contribution is -0.137. The fourth-order valence-electron chi connectivity index (χ4n) is 1.61. The number of carbonyl (C=O) groups is 1. The standard InChI is InChI=1S/C14H14O3/c1-3-16-14(15)8-10(2)13-9-11-6-4-5-7-12(11)17-13/h4-9H,3H2,1-2H3/b10-8+. The van der Waals surface area contributed by atoms with E-state index in [0.717, 1.165) is 16.5 Å². The maximum Gasteiger partial charge on any atom is 0.331 e. The first-order chi connectivity index (χ1) is 8.20. The molecule has 0 aliphatic heterocycles. The summed E-state index contributed by atoms with van der Waals surface area (Å²) in [5.74, 6) is 0.352. The van der Waals surface area contributed by atoms with Crippen LogP contribution in [0.25, 0.3) is 16.5 Å². The lowest BCUT2D eigenvalue weighted by Crippen LogP contribution is -1.99. The molecule has 2 aromatic rings. The van der Waals surface area contributed by atoms with Crippen molar-refractivity contribution >= 4 is 22.5 Å². The quantitative estimate of drug-likeness (QED) is 0.599. The average Bonchev–Trinajstić information content (AvgIpc) is 2.72. The van der Waals surface area contributed by atoms with Crippen molar-refractivity contribution in [1.82, 2.24) is 0 Å². The SMILES string of the molecule is CCOC(=O)/C=C(\C)c1cc2ccccc2o1. The molecule has 0 unspecified atom stereocenters. The van der Waals surface area contributed by atoms with E-state index in [9.17, 15) is 4.79 Å². The van der Waals surface area contributed by atoms with Crippen molar-refractivity contribution in [3.8, 4) is 0 Å². The maximum absolute atomic E-state index is 11.3. The minimum Gasteiger partial charge on any atom is -0.463 e. The molecule has 0 radical (unpaired) electrons. The predicted octanol–water partition coefficient (Wildman–Crippen LogP) is 3.40. The van der Waals surface area contributed by atoms with E-state index in [4.69, 9.17) is 9.15 Å². The van der Waals surface area contributed by atoms with Crippen LogP contribution in [0.1, 0.15) is 19.6 Å². The van der Waals surface area contributed by atoms with E-state index in [0.29, 0.717) is 12.4 Å². The van der Waals surface area contributed by atoms with E-state index in [1.807, 2.05) is 37.3 Å². The van der Waals surface area contributed by atoms with Gasteiger partial charge in [-0.3, -0.25) is 0 Å². The summed E-state index contributed by atoms with van der Waals surface area (Å²) >= 11 is 0. The summed E-state index contributed by atoms with van der Waals surface area (Å²) in [5, 5.41) is 1.03. The fourth-order valence-corrected chi connectivity index (χ4v) is 1.61. The summed E-state index contributed by atoms with van der Waals surface area (Å²) < 4.78 is 10.5. The van der Waals surface area contributed by atoms with Gasteiger partial charge in [0.1, 0.15) is 11.3 Å². The highest BCUT2D eigenvalue weighted by Gasteiger charge is 2.06. The zero-order valence-electron chi connectivity index (χ0n) is 9.90. The minimum absolute atomic E-state index is 0.342. The van der Waals surface area contributed by atoms with Gasteiger partial charge in [-0.1, -0.05) is 18.2 Å². The van der Waals surface area contributed by atoms with E-state index in [2.05, 4.69) is 0 Å². The molecule has 3 nitrogen and oxygen atoms in total. The first-order valence-corrected chi connectivity index (χ1v) is 5.54. The first-order valence-electron chi connectivity index (χ1n) is 5.54. The second kappa shape index (κ2) is 4.87. The molecule has 2 rings (SSSR count). The highest BCUT2D eigenvalue weighted by atomic mass is 16.5. The molecule has 88 valence electrons. The van der Waals surface area contributed by atoms with Crippen molar-refractivity contribution in [3.63, 3.8) is 0 Å². The zero-order chi connectivity index (χ0) is 12.3. The molecule has 0 N–H and O–H groups in total. The van der Waals surface area contributed by atoms with Gasteiger partial charge in [-0.15, -0.1) is 0 Å². The van der Waals surface area contributed by atoms with Gasteiger partial charge in [0.25, 0.3) is 0 Å². The molecule has 1 aromatic heterocycles. The third-order valence-electron chi connectivity index (χ3n) is 2.44. The summed E-state index contributed by atoms with van der Waals surface area (Å²) in [6.45, 7) is 3.99. The number of allylic oxidation sites excluding steroid dienone is 1. The van der Waals surface area contributed by atoms with Gasteiger partial charge in [0.05, 0.1) is 6.61 Å². The molecule has 0 saturated carbocycles. The monoisotopic (exact) mass is 230 g/mol. The molecule has 0 spiro atoms. The minimum atomic E-state index is -0.342. The summed E-state index contributed by atoms with van der Waals surface area (Å²) in [7, 11) is 0. The number of hydrogen-bond acceptors (Lipinski definition) is 3. The van der Waals surface area contributed by atoms with E-state index in [-0.39, 0.29) is 5.97 Å². The normalized spacial score (nSPS) is 11.8. The summed E-state index contributed by atoms with van der Waals surface area (Å²) in [6, 6.07) is 9.66. The number of rotatable bonds is 3. The Hall–Kier alpha value is -2.03. The van der Waals surface area contributed by atoms with Gasteiger partial charge in [0.15, 0.2) is 0 Å². The van der Waals surface area contributed by atoms with Crippen LogP contribution in [0, 0.1) is 0 Å². The number of benzene rings is 1. The smallest absolute Gasteiger partial charge is 0.331 e. The number of para-hydroxylation sites is 1. The molecule has 0 aliphatic rings. The number of ether oxygens (including phenoxy) is 1. The number of hydrogen-bond donors (Lipinski definition) is 0. The highest BCUT2D eigenvalue weighted by molar-refractivity contribution is 5.91. The lowest BCUT2D eigenvalue weighted by atomic mass is 10.2. The van der Waals surface area contributed by atoms with Crippen molar-refractivity contribution < 1.29 is 13.9 Å². The molecule has 0 bridgehead atoms. The highest BCUT2D eigenvalue weighted by Crippen LogP contribution is 2.24. The van der Waals surface area contributed by atoms with Crippen LogP contribution in [-0.2, 0) is 9.53 Å². The Bertz CT molecular complexity index is 531. The van der Waals surface area contributed by atoms with Crippen LogP contribution in [-0.4, -0.2) is 12.6 Å².